The molecule has 0 saturated carbocycles. The number of hydrogen-bond acceptors (Lipinski definition) is 1. The van der Waals surface area contributed by atoms with Crippen LogP contribution in [-0.2, 0) is 25.8 Å². The minimum Gasteiger partial charge on any atom is -0.455 e. The van der Waals surface area contributed by atoms with Crippen molar-refractivity contribution in [2.75, 3.05) is 0 Å². The van der Waals surface area contributed by atoms with Gasteiger partial charge in [0.25, 0.3) is 0 Å². The third-order valence-corrected chi connectivity index (χ3v) is 10.5. The summed E-state index contributed by atoms with van der Waals surface area (Å²) >= 11 is 0. The zero-order chi connectivity index (χ0) is 30.6. The second-order valence-corrected chi connectivity index (χ2v) is 14.9. The minimum absolute atomic E-state index is 0.191. The lowest BCUT2D eigenvalue weighted by Gasteiger charge is -2.31. The molecule has 9 rings (SSSR count). The maximum Gasteiger partial charge on any atom is 0.224 e. The van der Waals surface area contributed by atoms with Crippen LogP contribution in [0.25, 0.3) is 50.5 Å². The molecule has 3 aromatic heterocycles. The van der Waals surface area contributed by atoms with E-state index in [4.69, 9.17) is 4.42 Å². The van der Waals surface area contributed by atoms with Crippen LogP contribution in [0.15, 0.2) is 89.6 Å². The molecule has 0 fully saturated rings. The quantitative estimate of drug-likeness (QED) is 0.176. The van der Waals surface area contributed by atoms with Gasteiger partial charge in [0.2, 0.25) is 24.0 Å². The lowest BCUT2D eigenvalue weighted by molar-refractivity contribution is -0.792. The van der Waals surface area contributed by atoms with E-state index in [-0.39, 0.29) is 5.41 Å². The Labute approximate surface area is 265 Å². The van der Waals surface area contributed by atoms with Crippen molar-refractivity contribution >= 4 is 28.0 Å². The lowest BCUT2D eigenvalue weighted by atomic mass is 9.77. The van der Waals surface area contributed by atoms with E-state index in [0.717, 1.165) is 37.0 Å². The first-order valence-corrected chi connectivity index (χ1v) is 16.5. The van der Waals surface area contributed by atoms with Crippen LogP contribution in [0, 0.1) is 19.3 Å². The van der Waals surface area contributed by atoms with Crippen molar-refractivity contribution in [2.24, 2.45) is 5.41 Å². The molecule has 45 heavy (non-hydrogen) atoms. The molecular formula is C42H40N2O+2. The number of allylic oxidation sites excluding steroid dienone is 1. The van der Waals surface area contributed by atoms with Gasteiger partial charge in [-0.3, -0.25) is 0 Å². The molecule has 2 unspecified atom stereocenters. The van der Waals surface area contributed by atoms with E-state index in [0.29, 0.717) is 12.0 Å². The predicted molar refractivity (Wildman–Crippen MR) is 182 cm³/mol. The Balaban J connectivity index is 1.35. The van der Waals surface area contributed by atoms with Gasteiger partial charge in [0.1, 0.15) is 11.2 Å². The summed E-state index contributed by atoms with van der Waals surface area (Å²) in [5.74, 6) is 0.337. The van der Waals surface area contributed by atoms with Crippen LogP contribution in [0.3, 0.4) is 0 Å². The monoisotopic (exact) mass is 588 g/mol. The molecule has 0 saturated heterocycles. The first-order chi connectivity index (χ1) is 21.7. The van der Waals surface area contributed by atoms with Gasteiger partial charge in [-0.1, -0.05) is 75.4 Å². The van der Waals surface area contributed by atoms with E-state index in [1.807, 2.05) is 0 Å². The molecule has 0 spiro atoms. The van der Waals surface area contributed by atoms with Gasteiger partial charge < -0.3 is 4.42 Å². The summed E-state index contributed by atoms with van der Waals surface area (Å²) in [6, 6.07) is 25.8. The predicted octanol–water partition coefficient (Wildman–Crippen LogP) is 9.16. The van der Waals surface area contributed by atoms with Crippen LogP contribution >= 0.6 is 0 Å². The Bertz CT molecular complexity index is 2240. The molecule has 0 amide bonds. The van der Waals surface area contributed by atoms with Crippen LogP contribution in [-0.4, -0.2) is 0 Å². The largest absolute Gasteiger partial charge is 0.455 e. The van der Waals surface area contributed by atoms with Gasteiger partial charge in [-0.2, -0.15) is 9.13 Å². The van der Waals surface area contributed by atoms with Crippen LogP contribution in [0.1, 0.15) is 71.7 Å². The number of hydrogen-bond donors (Lipinski definition) is 0. The van der Waals surface area contributed by atoms with Gasteiger partial charge in [0.05, 0.1) is 11.5 Å². The lowest BCUT2D eigenvalue weighted by Crippen LogP contribution is -2.56. The SMILES string of the molecule is Cc1ccc2[n+](c1)C1C[n+]3cc(C)c(CC(C)(C)C)cc3-c3c(ccc4c3oc3c5c(ccc34)CC=C5)CC1c1ccccc1-2. The van der Waals surface area contributed by atoms with Crippen LogP contribution in [0.5, 0.6) is 0 Å². The molecule has 0 bridgehead atoms. The van der Waals surface area contributed by atoms with E-state index in [1.165, 1.54) is 72.2 Å². The molecule has 0 N–H and O–H groups in total. The Hall–Kier alpha value is -4.50. The van der Waals surface area contributed by atoms with Gasteiger partial charge in [0, 0.05) is 45.2 Å². The van der Waals surface area contributed by atoms with Crippen molar-refractivity contribution < 1.29 is 13.6 Å². The van der Waals surface area contributed by atoms with E-state index < -0.39 is 0 Å². The molecule has 3 aliphatic rings. The fourth-order valence-electron chi connectivity index (χ4n) is 8.48. The first kappa shape index (κ1) is 26.9. The van der Waals surface area contributed by atoms with Crippen molar-refractivity contribution in [3.63, 3.8) is 0 Å². The number of benzene rings is 3. The highest BCUT2D eigenvalue weighted by Crippen LogP contribution is 2.46. The topological polar surface area (TPSA) is 20.9 Å². The Morgan fingerprint density at radius 1 is 0.844 bits per heavy atom. The summed E-state index contributed by atoms with van der Waals surface area (Å²) in [6.07, 6.45) is 12.3. The van der Waals surface area contributed by atoms with Crippen molar-refractivity contribution in [2.45, 2.75) is 72.4 Å². The third-order valence-electron chi connectivity index (χ3n) is 10.5. The molecule has 0 radical (unpaired) electrons. The standard InChI is InChI=1S/C42H40N2O/c1-25-13-18-36-32-11-7-6-10-31(32)35-19-28-15-17-34-33-16-14-27-9-8-12-30(27)40(33)45-41(34)39(28)37-20-29(21-42(3,4)5)26(2)23-43(37)24-38(35)44(36)22-25/h6-8,10-18,20,22-23,35,38H,9,19,21,24H2,1-5H3/q+2. The normalized spacial score (nSPS) is 18.1. The van der Waals surface area contributed by atoms with Crippen LogP contribution < -0.4 is 9.13 Å². The molecule has 3 aromatic carbocycles. The first-order valence-electron chi connectivity index (χ1n) is 16.5. The summed E-state index contributed by atoms with van der Waals surface area (Å²) in [7, 11) is 0. The van der Waals surface area contributed by atoms with Crippen molar-refractivity contribution in [3.05, 3.63) is 124 Å². The van der Waals surface area contributed by atoms with E-state index in [9.17, 15) is 0 Å². The van der Waals surface area contributed by atoms with Gasteiger partial charge >= 0.3 is 0 Å². The second-order valence-electron chi connectivity index (χ2n) is 14.9. The molecule has 3 nitrogen and oxygen atoms in total. The van der Waals surface area contributed by atoms with Crippen LogP contribution in [0.4, 0.5) is 0 Å². The average molecular weight is 589 g/mol. The van der Waals surface area contributed by atoms with Crippen LogP contribution in [0.2, 0.25) is 0 Å². The number of aromatic nitrogens is 2. The Kier molecular flexibility index (Phi) is 5.67. The smallest absolute Gasteiger partial charge is 0.224 e. The van der Waals surface area contributed by atoms with E-state index >= 15 is 0 Å². The summed E-state index contributed by atoms with van der Waals surface area (Å²) in [6.45, 7) is 12.4. The molecule has 6 aromatic rings. The highest BCUT2D eigenvalue weighted by molar-refractivity contribution is 6.12. The fourth-order valence-corrected chi connectivity index (χ4v) is 8.48. The molecule has 222 valence electrons. The molecular weight excluding hydrogens is 548 g/mol. The molecule has 1 aliphatic carbocycles. The number of pyridine rings is 2. The van der Waals surface area contributed by atoms with Crippen molar-refractivity contribution in [1.82, 2.24) is 0 Å². The number of nitrogens with zero attached hydrogens (tertiary/aromatic N) is 2. The summed E-state index contributed by atoms with van der Waals surface area (Å²) in [5.41, 5.74) is 17.0. The summed E-state index contributed by atoms with van der Waals surface area (Å²) in [5, 5.41) is 2.43. The maximum atomic E-state index is 7.03. The zero-order valence-electron chi connectivity index (χ0n) is 26.9. The van der Waals surface area contributed by atoms with Crippen molar-refractivity contribution in [3.8, 4) is 22.5 Å². The molecule has 2 aliphatic heterocycles. The Morgan fingerprint density at radius 2 is 1.64 bits per heavy atom. The highest BCUT2D eigenvalue weighted by atomic mass is 16.3. The average Bonchev–Trinajstić information content (AvgIpc) is 3.63. The number of fused-ring (bicyclic) bond motifs is 15. The van der Waals surface area contributed by atoms with Gasteiger partial charge in [0.15, 0.2) is 12.4 Å². The Morgan fingerprint density at radius 3 is 2.49 bits per heavy atom. The van der Waals surface area contributed by atoms with Crippen molar-refractivity contribution in [1.29, 1.82) is 0 Å². The molecule has 5 heterocycles. The van der Waals surface area contributed by atoms with E-state index in [2.05, 4.69) is 135 Å². The summed E-state index contributed by atoms with van der Waals surface area (Å²) in [4.78, 5) is 0. The second kappa shape index (κ2) is 9.50. The van der Waals surface area contributed by atoms with Gasteiger partial charge in [-0.15, -0.1) is 0 Å². The summed E-state index contributed by atoms with van der Waals surface area (Å²) < 4.78 is 12.2. The zero-order valence-corrected chi connectivity index (χ0v) is 26.9. The number of rotatable bonds is 1. The van der Waals surface area contributed by atoms with Gasteiger partial charge in [-0.05, 0) is 72.9 Å². The highest BCUT2D eigenvalue weighted by Gasteiger charge is 2.45. The number of furan rings is 1. The number of aryl methyl sites for hydroxylation is 2. The third kappa shape index (κ3) is 4.09. The molecule has 3 heteroatoms. The fraction of sp³-hybridized carbons (Fsp3) is 0.286. The molecule has 2 atom stereocenters. The minimum atomic E-state index is 0.191. The maximum absolute atomic E-state index is 7.03. The van der Waals surface area contributed by atoms with Gasteiger partial charge in [-0.25, -0.2) is 0 Å². The van der Waals surface area contributed by atoms with E-state index in [1.54, 1.807) is 0 Å².